The van der Waals surface area contributed by atoms with Gasteiger partial charge in [-0.05, 0) is 29.5 Å². The predicted molar refractivity (Wildman–Crippen MR) is 86.7 cm³/mol. The molecule has 0 amide bonds. The summed E-state index contributed by atoms with van der Waals surface area (Å²) >= 11 is 0. The lowest BCUT2D eigenvalue weighted by atomic mass is 9.96. The molecule has 0 bridgehead atoms. The van der Waals surface area contributed by atoms with E-state index in [-0.39, 0.29) is 0 Å². The summed E-state index contributed by atoms with van der Waals surface area (Å²) in [5.41, 5.74) is 4.20. The summed E-state index contributed by atoms with van der Waals surface area (Å²) in [5, 5.41) is 14.2. The molecule has 0 fully saturated rings. The molecule has 2 rings (SSSR count). The van der Waals surface area contributed by atoms with Crippen molar-refractivity contribution < 1.29 is 10.0 Å². The minimum absolute atomic E-state index is 0.750. The largest absolute Gasteiger partial charge is 0.432 e. The van der Waals surface area contributed by atoms with Crippen molar-refractivity contribution in [1.29, 1.82) is 0 Å². The van der Waals surface area contributed by atoms with E-state index in [1.165, 1.54) is 42.4 Å². The van der Waals surface area contributed by atoms with E-state index >= 15 is 0 Å². The molecule has 3 heteroatoms. The average molecular weight is 270 g/mol. The lowest BCUT2D eigenvalue weighted by Gasteiger charge is -2.09. The van der Waals surface area contributed by atoms with Crippen LogP contribution in [0.15, 0.2) is 54.6 Å². The first-order valence-corrected chi connectivity index (χ1v) is 7.18. The quantitative estimate of drug-likeness (QED) is 0.646. The van der Waals surface area contributed by atoms with Crippen molar-refractivity contribution in [2.24, 2.45) is 0 Å². The van der Waals surface area contributed by atoms with Crippen LogP contribution in [-0.2, 0) is 6.42 Å². The average Bonchev–Trinajstić information content (AvgIpc) is 2.50. The van der Waals surface area contributed by atoms with Crippen LogP contribution in [0, 0.1) is 0 Å². The van der Waals surface area contributed by atoms with Crippen molar-refractivity contribution >= 4 is 7.69 Å². The molecule has 0 aromatic heterocycles. The first-order valence-electron chi connectivity index (χ1n) is 7.18. The second kappa shape index (κ2) is 10.2. The molecule has 20 heavy (non-hydrogen) atoms. The molecule has 0 aliphatic carbocycles. The lowest BCUT2D eigenvalue weighted by molar-refractivity contribution is 0.448. The Morgan fingerprint density at radius 1 is 0.850 bits per heavy atom. The Bertz CT molecular complexity index is 471. The summed E-state index contributed by atoms with van der Waals surface area (Å²) < 4.78 is 0. The molecule has 0 saturated carbocycles. The molecule has 0 aliphatic rings. The minimum Gasteiger partial charge on any atom is -0.430 e. The molecular weight excluding hydrogens is 247 g/mol. The number of rotatable bonds is 5. The van der Waals surface area contributed by atoms with E-state index in [4.69, 9.17) is 10.0 Å². The third-order valence-corrected chi connectivity index (χ3v) is 3.15. The Morgan fingerprint density at radius 3 is 2.10 bits per heavy atom. The molecule has 0 aliphatic heterocycles. The first-order chi connectivity index (χ1) is 9.83. The highest BCUT2D eigenvalue weighted by Gasteiger charge is 2.03. The van der Waals surface area contributed by atoms with Crippen molar-refractivity contribution in [2.45, 2.75) is 32.6 Å². The van der Waals surface area contributed by atoms with Crippen LogP contribution in [0.25, 0.3) is 11.1 Å². The van der Waals surface area contributed by atoms with E-state index in [9.17, 15) is 0 Å². The number of hydrogen-bond donors (Lipinski definition) is 2. The fourth-order valence-corrected chi connectivity index (χ4v) is 2.20. The smallest absolute Gasteiger partial charge is 0.430 e. The van der Waals surface area contributed by atoms with Crippen LogP contribution in [0.1, 0.15) is 31.7 Å². The van der Waals surface area contributed by atoms with Crippen molar-refractivity contribution in [3.05, 3.63) is 60.2 Å². The second-order valence-electron chi connectivity index (χ2n) is 4.62. The normalized spacial score (nSPS) is 9.55. The third kappa shape index (κ3) is 5.60. The highest BCUT2D eigenvalue weighted by molar-refractivity contribution is 6.13. The van der Waals surface area contributed by atoms with Crippen LogP contribution in [0.5, 0.6) is 0 Å². The van der Waals surface area contributed by atoms with Crippen LogP contribution in [0.4, 0.5) is 0 Å². The van der Waals surface area contributed by atoms with Gasteiger partial charge >= 0.3 is 7.69 Å². The van der Waals surface area contributed by atoms with Crippen molar-refractivity contribution in [2.75, 3.05) is 0 Å². The fourth-order valence-electron chi connectivity index (χ4n) is 2.20. The molecule has 0 spiro atoms. The minimum atomic E-state index is -0.750. The summed E-state index contributed by atoms with van der Waals surface area (Å²) in [7, 11) is -0.750. The Morgan fingerprint density at radius 2 is 1.45 bits per heavy atom. The Balaban J connectivity index is 0.000000612. The van der Waals surface area contributed by atoms with Crippen molar-refractivity contribution in [3.8, 4) is 11.1 Å². The van der Waals surface area contributed by atoms with Gasteiger partial charge in [0, 0.05) is 0 Å². The standard InChI is InChI=1S/C17H20.BH3O2/c1-2-3-5-10-15-13-8-9-14-17(15)16-11-6-4-7-12-16;2-1-3/h4,6-9,11-14H,2-3,5,10H2,1H3;1-3H. The van der Waals surface area contributed by atoms with Gasteiger partial charge in [-0.2, -0.15) is 0 Å². The zero-order valence-electron chi connectivity index (χ0n) is 12.1. The zero-order chi connectivity index (χ0) is 14.6. The van der Waals surface area contributed by atoms with E-state index in [0.29, 0.717) is 0 Å². The van der Waals surface area contributed by atoms with E-state index in [2.05, 4.69) is 61.5 Å². The lowest BCUT2D eigenvalue weighted by Crippen LogP contribution is -1.90. The van der Waals surface area contributed by atoms with Crippen LogP contribution in [0.2, 0.25) is 0 Å². The third-order valence-electron chi connectivity index (χ3n) is 3.15. The summed E-state index contributed by atoms with van der Waals surface area (Å²) in [4.78, 5) is 0. The maximum atomic E-state index is 7.12. The monoisotopic (exact) mass is 270 g/mol. The summed E-state index contributed by atoms with van der Waals surface area (Å²) in [5.74, 6) is 0. The second-order valence-corrected chi connectivity index (χ2v) is 4.62. The maximum Gasteiger partial charge on any atom is 0.432 e. The van der Waals surface area contributed by atoms with Gasteiger partial charge in [0.2, 0.25) is 0 Å². The number of unbranched alkanes of at least 4 members (excludes halogenated alkanes) is 2. The van der Waals surface area contributed by atoms with Gasteiger partial charge in [-0.3, -0.25) is 0 Å². The van der Waals surface area contributed by atoms with Gasteiger partial charge in [0.15, 0.2) is 0 Å². The maximum absolute atomic E-state index is 7.12. The van der Waals surface area contributed by atoms with Gasteiger partial charge in [-0.15, -0.1) is 0 Å². The van der Waals surface area contributed by atoms with Gasteiger partial charge < -0.3 is 10.0 Å². The summed E-state index contributed by atoms with van der Waals surface area (Å²) in [6.07, 6.45) is 5.09. The molecule has 2 nitrogen and oxygen atoms in total. The zero-order valence-corrected chi connectivity index (χ0v) is 12.1. The van der Waals surface area contributed by atoms with Gasteiger partial charge in [-0.25, -0.2) is 0 Å². The first kappa shape index (κ1) is 16.5. The topological polar surface area (TPSA) is 40.5 Å². The molecule has 2 N–H and O–H groups in total. The Labute approximate surface area is 122 Å². The highest BCUT2D eigenvalue weighted by Crippen LogP contribution is 2.24. The number of benzene rings is 2. The van der Waals surface area contributed by atoms with Crippen LogP contribution in [-0.4, -0.2) is 17.7 Å². The number of aryl methyl sites for hydroxylation is 1. The molecule has 2 aromatic rings. The van der Waals surface area contributed by atoms with Crippen molar-refractivity contribution in [3.63, 3.8) is 0 Å². The molecule has 0 saturated heterocycles. The number of hydrogen-bond acceptors (Lipinski definition) is 2. The molecule has 0 atom stereocenters. The SMILES string of the molecule is CCCCCc1ccccc1-c1ccccc1.OBO. The molecule has 0 heterocycles. The van der Waals surface area contributed by atoms with Crippen LogP contribution in [0.3, 0.4) is 0 Å². The molecule has 2 aromatic carbocycles. The van der Waals surface area contributed by atoms with E-state index in [0.717, 1.165) is 0 Å². The highest BCUT2D eigenvalue weighted by atomic mass is 16.4. The molecule has 0 radical (unpaired) electrons. The molecular formula is C17H23BO2. The van der Waals surface area contributed by atoms with Gasteiger partial charge in [0.25, 0.3) is 0 Å². The van der Waals surface area contributed by atoms with Crippen molar-refractivity contribution in [1.82, 2.24) is 0 Å². The fraction of sp³-hybridized carbons (Fsp3) is 0.294. The van der Waals surface area contributed by atoms with Crippen LogP contribution < -0.4 is 0 Å². The predicted octanol–water partition coefficient (Wildman–Crippen LogP) is 3.32. The summed E-state index contributed by atoms with van der Waals surface area (Å²) in [6.45, 7) is 2.25. The van der Waals surface area contributed by atoms with Crippen LogP contribution >= 0.6 is 0 Å². The Hall–Kier alpha value is -1.58. The van der Waals surface area contributed by atoms with Gasteiger partial charge in [0.05, 0.1) is 0 Å². The van der Waals surface area contributed by atoms with E-state index < -0.39 is 7.69 Å². The molecule has 0 unspecified atom stereocenters. The van der Waals surface area contributed by atoms with E-state index in [1.54, 1.807) is 0 Å². The molecule has 106 valence electrons. The summed E-state index contributed by atoms with van der Waals surface area (Å²) in [6, 6.07) is 19.4. The Kier molecular flexibility index (Phi) is 8.44. The van der Waals surface area contributed by atoms with Gasteiger partial charge in [-0.1, -0.05) is 74.4 Å². The van der Waals surface area contributed by atoms with E-state index in [1.807, 2.05) is 0 Å². The van der Waals surface area contributed by atoms with Gasteiger partial charge in [0.1, 0.15) is 0 Å².